The van der Waals surface area contributed by atoms with Crippen LogP contribution in [-0.2, 0) is 6.54 Å². The Bertz CT molecular complexity index is 450. The second kappa shape index (κ2) is 6.31. The molecule has 5 heteroatoms. The lowest BCUT2D eigenvalue weighted by Crippen LogP contribution is -2.22. The molecule has 19 heavy (non-hydrogen) atoms. The summed E-state index contributed by atoms with van der Waals surface area (Å²) in [4.78, 5) is 4.00. The molecule has 0 aromatic heterocycles. The van der Waals surface area contributed by atoms with Crippen LogP contribution in [-0.4, -0.2) is 19.2 Å². The van der Waals surface area contributed by atoms with Crippen molar-refractivity contribution in [2.24, 2.45) is 16.5 Å². The Morgan fingerprint density at radius 3 is 2.63 bits per heavy atom. The molecule has 0 unspecified atom stereocenters. The molecule has 1 aliphatic carbocycles. The minimum atomic E-state index is 0.0917. The third-order valence-electron chi connectivity index (χ3n) is 3.27. The van der Waals surface area contributed by atoms with E-state index in [1.54, 1.807) is 7.11 Å². The highest BCUT2D eigenvalue weighted by atomic mass is 16.5. The standard InChI is InChI=1S/C14H21N3O2/c1-18-12-7-6-10(9-17-14(15)16)8-13(12)19-11-4-2-3-5-11/h6-8,11H,2-5,9H2,1H3,(H4,15,16,17). The number of hydrogen-bond donors (Lipinski definition) is 2. The molecule has 2 rings (SSSR count). The molecule has 1 aromatic carbocycles. The molecule has 0 saturated heterocycles. The summed E-state index contributed by atoms with van der Waals surface area (Å²) in [7, 11) is 1.65. The Labute approximate surface area is 113 Å². The molecule has 1 saturated carbocycles. The van der Waals surface area contributed by atoms with Gasteiger partial charge in [-0.3, -0.25) is 0 Å². The van der Waals surface area contributed by atoms with Crippen LogP contribution in [0.4, 0.5) is 0 Å². The normalized spacial score (nSPS) is 15.2. The molecule has 104 valence electrons. The molecule has 0 heterocycles. The zero-order chi connectivity index (χ0) is 13.7. The number of methoxy groups -OCH3 is 1. The fourth-order valence-corrected chi connectivity index (χ4v) is 2.28. The van der Waals surface area contributed by atoms with Crippen molar-refractivity contribution < 1.29 is 9.47 Å². The van der Waals surface area contributed by atoms with Gasteiger partial charge in [-0.2, -0.15) is 0 Å². The van der Waals surface area contributed by atoms with Gasteiger partial charge in [-0.25, -0.2) is 4.99 Å². The van der Waals surface area contributed by atoms with Crippen LogP contribution in [0.1, 0.15) is 31.2 Å². The van der Waals surface area contributed by atoms with Gasteiger partial charge in [0.1, 0.15) is 0 Å². The molecule has 5 nitrogen and oxygen atoms in total. The van der Waals surface area contributed by atoms with E-state index in [9.17, 15) is 0 Å². The Kier molecular flexibility index (Phi) is 4.49. The van der Waals surface area contributed by atoms with Gasteiger partial charge in [-0.1, -0.05) is 6.07 Å². The molecule has 0 bridgehead atoms. The van der Waals surface area contributed by atoms with Crippen LogP contribution in [0, 0.1) is 0 Å². The number of rotatable bonds is 5. The molecule has 0 radical (unpaired) electrons. The molecular formula is C14H21N3O2. The lowest BCUT2D eigenvalue weighted by Gasteiger charge is -2.16. The zero-order valence-electron chi connectivity index (χ0n) is 11.3. The minimum absolute atomic E-state index is 0.0917. The summed E-state index contributed by atoms with van der Waals surface area (Å²) >= 11 is 0. The van der Waals surface area contributed by atoms with Crippen molar-refractivity contribution in [1.82, 2.24) is 0 Å². The first kappa shape index (κ1) is 13.5. The topological polar surface area (TPSA) is 82.9 Å². The predicted octanol–water partition coefficient (Wildman–Crippen LogP) is 1.79. The zero-order valence-corrected chi connectivity index (χ0v) is 11.3. The maximum Gasteiger partial charge on any atom is 0.186 e. The van der Waals surface area contributed by atoms with E-state index in [0.717, 1.165) is 29.9 Å². The van der Waals surface area contributed by atoms with Crippen molar-refractivity contribution in [3.05, 3.63) is 23.8 Å². The fraction of sp³-hybridized carbons (Fsp3) is 0.500. The third kappa shape index (κ3) is 3.77. The van der Waals surface area contributed by atoms with Crippen LogP contribution in [0.5, 0.6) is 11.5 Å². The average Bonchev–Trinajstić information content (AvgIpc) is 2.89. The molecule has 4 N–H and O–H groups in total. The first-order valence-corrected chi connectivity index (χ1v) is 6.58. The Morgan fingerprint density at radius 1 is 1.26 bits per heavy atom. The SMILES string of the molecule is COc1ccc(CN=C(N)N)cc1OC1CCCC1. The van der Waals surface area contributed by atoms with Gasteiger partial charge in [0, 0.05) is 0 Å². The highest BCUT2D eigenvalue weighted by Gasteiger charge is 2.18. The number of benzene rings is 1. The molecule has 1 aliphatic rings. The molecule has 0 amide bonds. The largest absolute Gasteiger partial charge is 0.493 e. The van der Waals surface area contributed by atoms with Crippen LogP contribution >= 0.6 is 0 Å². The fourth-order valence-electron chi connectivity index (χ4n) is 2.28. The smallest absolute Gasteiger partial charge is 0.186 e. The average molecular weight is 263 g/mol. The number of hydrogen-bond acceptors (Lipinski definition) is 3. The van der Waals surface area contributed by atoms with Gasteiger partial charge in [-0.15, -0.1) is 0 Å². The third-order valence-corrected chi connectivity index (χ3v) is 3.27. The summed E-state index contributed by atoms with van der Waals surface area (Å²) in [5.74, 6) is 1.62. The first-order chi connectivity index (χ1) is 9.19. The van der Waals surface area contributed by atoms with Crippen molar-refractivity contribution in [1.29, 1.82) is 0 Å². The van der Waals surface area contributed by atoms with E-state index in [0.29, 0.717) is 12.6 Å². The monoisotopic (exact) mass is 263 g/mol. The van der Waals surface area contributed by atoms with Gasteiger partial charge in [-0.05, 0) is 43.4 Å². The lowest BCUT2D eigenvalue weighted by atomic mass is 10.2. The Morgan fingerprint density at radius 2 is 2.00 bits per heavy atom. The first-order valence-electron chi connectivity index (χ1n) is 6.58. The van der Waals surface area contributed by atoms with E-state index in [-0.39, 0.29) is 5.96 Å². The van der Waals surface area contributed by atoms with Crippen molar-refractivity contribution in [2.45, 2.75) is 38.3 Å². The summed E-state index contributed by atoms with van der Waals surface area (Å²) < 4.78 is 11.3. The van der Waals surface area contributed by atoms with Crippen LogP contribution in [0.25, 0.3) is 0 Å². The van der Waals surface area contributed by atoms with Gasteiger partial charge in [0.2, 0.25) is 0 Å². The molecular weight excluding hydrogens is 242 g/mol. The maximum absolute atomic E-state index is 6.01. The summed E-state index contributed by atoms with van der Waals surface area (Å²) in [6.07, 6.45) is 5.00. The molecule has 0 spiro atoms. The quantitative estimate of drug-likeness (QED) is 0.626. The van der Waals surface area contributed by atoms with Gasteiger partial charge in [0.05, 0.1) is 19.8 Å². The molecule has 1 fully saturated rings. The minimum Gasteiger partial charge on any atom is -0.493 e. The highest BCUT2D eigenvalue weighted by molar-refractivity contribution is 5.75. The van der Waals surface area contributed by atoms with E-state index in [4.69, 9.17) is 20.9 Å². The second-order valence-electron chi connectivity index (χ2n) is 4.75. The number of nitrogens with zero attached hydrogens (tertiary/aromatic N) is 1. The van der Waals surface area contributed by atoms with Gasteiger partial charge in [0.25, 0.3) is 0 Å². The predicted molar refractivity (Wildman–Crippen MR) is 75.4 cm³/mol. The van der Waals surface area contributed by atoms with Gasteiger partial charge < -0.3 is 20.9 Å². The summed E-state index contributed by atoms with van der Waals surface area (Å²) in [5.41, 5.74) is 11.7. The number of nitrogens with two attached hydrogens (primary N) is 2. The highest BCUT2D eigenvalue weighted by Crippen LogP contribution is 2.32. The van der Waals surface area contributed by atoms with Crippen LogP contribution < -0.4 is 20.9 Å². The van der Waals surface area contributed by atoms with Gasteiger partial charge >= 0.3 is 0 Å². The van der Waals surface area contributed by atoms with Crippen molar-refractivity contribution >= 4 is 5.96 Å². The van der Waals surface area contributed by atoms with E-state index in [2.05, 4.69) is 4.99 Å². The summed E-state index contributed by atoms with van der Waals surface area (Å²) in [6, 6.07) is 5.78. The van der Waals surface area contributed by atoms with E-state index < -0.39 is 0 Å². The van der Waals surface area contributed by atoms with Crippen molar-refractivity contribution in [3.8, 4) is 11.5 Å². The second-order valence-corrected chi connectivity index (χ2v) is 4.75. The van der Waals surface area contributed by atoms with Crippen molar-refractivity contribution in [3.63, 3.8) is 0 Å². The Balaban J connectivity index is 2.13. The molecule has 0 atom stereocenters. The summed E-state index contributed by atoms with van der Waals surface area (Å²) in [6.45, 7) is 0.452. The number of guanidine groups is 1. The van der Waals surface area contributed by atoms with Crippen LogP contribution in [0.2, 0.25) is 0 Å². The van der Waals surface area contributed by atoms with E-state index in [1.165, 1.54) is 12.8 Å². The number of aliphatic imine (C=N–C) groups is 1. The van der Waals surface area contributed by atoms with Crippen molar-refractivity contribution in [2.75, 3.05) is 7.11 Å². The van der Waals surface area contributed by atoms with E-state index in [1.807, 2.05) is 18.2 Å². The van der Waals surface area contributed by atoms with E-state index >= 15 is 0 Å². The lowest BCUT2D eigenvalue weighted by molar-refractivity contribution is 0.200. The van der Waals surface area contributed by atoms with Gasteiger partial charge in [0.15, 0.2) is 17.5 Å². The van der Waals surface area contributed by atoms with Crippen LogP contribution in [0.15, 0.2) is 23.2 Å². The molecule has 0 aliphatic heterocycles. The molecule has 1 aromatic rings. The van der Waals surface area contributed by atoms with Crippen LogP contribution in [0.3, 0.4) is 0 Å². The summed E-state index contributed by atoms with van der Waals surface area (Å²) in [5, 5.41) is 0. The Hall–Kier alpha value is -1.91. The maximum atomic E-state index is 6.01. The number of ether oxygens (including phenoxy) is 2.